The number of rotatable bonds is 2. The molecule has 0 aromatic carbocycles. The predicted molar refractivity (Wildman–Crippen MR) is 71.9 cm³/mol. The lowest BCUT2D eigenvalue weighted by Gasteiger charge is -2.16. The van der Waals surface area contributed by atoms with Crippen LogP contribution in [0.15, 0.2) is 11.4 Å². The van der Waals surface area contributed by atoms with Gasteiger partial charge in [0, 0.05) is 13.0 Å². The smallest absolute Gasteiger partial charge is 0.228 e. The predicted octanol–water partition coefficient (Wildman–Crippen LogP) is 1.66. The number of aromatic nitrogens is 2. The van der Waals surface area contributed by atoms with Crippen LogP contribution in [0.25, 0.3) is 10.2 Å². The van der Waals surface area contributed by atoms with Crippen LogP contribution < -0.4 is 10.6 Å². The van der Waals surface area contributed by atoms with Gasteiger partial charge in [0.05, 0.1) is 10.2 Å². The average Bonchev–Trinajstić information content (AvgIpc) is 2.94. The van der Waals surface area contributed by atoms with E-state index in [1.807, 2.05) is 11.4 Å². The second kappa shape index (κ2) is 4.46. The zero-order valence-corrected chi connectivity index (χ0v) is 11.0. The average molecular weight is 283 g/mol. The van der Waals surface area contributed by atoms with Crippen LogP contribution in [0.1, 0.15) is 6.42 Å². The zero-order valence-electron chi connectivity index (χ0n) is 9.47. The third kappa shape index (κ3) is 1.86. The second-order valence-electron chi connectivity index (χ2n) is 4.26. The summed E-state index contributed by atoms with van der Waals surface area (Å²) < 4.78 is 0.894. The Morgan fingerprint density at radius 3 is 3.11 bits per heavy atom. The van der Waals surface area contributed by atoms with Gasteiger partial charge in [0.15, 0.2) is 5.82 Å². The molecule has 2 N–H and O–H groups in total. The van der Waals surface area contributed by atoms with Crippen LogP contribution in [0.3, 0.4) is 0 Å². The van der Waals surface area contributed by atoms with E-state index < -0.39 is 0 Å². The summed E-state index contributed by atoms with van der Waals surface area (Å²) >= 11 is 7.41. The Morgan fingerprint density at radius 1 is 1.56 bits per heavy atom. The Balaban J connectivity index is 2.09. The van der Waals surface area contributed by atoms with Gasteiger partial charge in [-0.05, 0) is 35.5 Å². The number of carbonyl (C=O) groups is 1. The summed E-state index contributed by atoms with van der Waals surface area (Å²) in [7, 11) is 0. The Morgan fingerprint density at radius 2 is 2.39 bits per heavy atom. The molecule has 1 saturated heterocycles. The lowest BCUT2D eigenvalue weighted by atomic mass is 10.1. The fourth-order valence-corrected chi connectivity index (χ4v) is 3.15. The molecule has 2 aromatic rings. The van der Waals surface area contributed by atoms with Gasteiger partial charge in [-0.1, -0.05) is 0 Å². The van der Waals surface area contributed by atoms with Crippen LogP contribution in [-0.4, -0.2) is 29.0 Å². The molecule has 0 aliphatic carbocycles. The van der Waals surface area contributed by atoms with Gasteiger partial charge < -0.3 is 5.73 Å². The summed E-state index contributed by atoms with van der Waals surface area (Å²) in [5.41, 5.74) is 6.40. The molecule has 7 heteroatoms. The number of nitrogens with zero attached hydrogens (tertiary/aromatic N) is 3. The van der Waals surface area contributed by atoms with Crippen molar-refractivity contribution in [3.8, 4) is 0 Å². The van der Waals surface area contributed by atoms with Crippen LogP contribution >= 0.6 is 22.9 Å². The molecule has 0 radical (unpaired) electrons. The Kier molecular flexibility index (Phi) is 2.93. The molecular weight excluding hydrogens is 272 g/mol. The molecule has 2 aromatic heterocycles. The van der Waals surface area contributed by atoms with Crippen LogP contribution in [0, 0.1) is 5.92 Å². The van der Waals surface area contributed by atoms with Crippen molar-refractivity contribution in [2.75, 3.05) is 18.0 Å². The first-order valence-electron chi connectivity index (χ1n) is 5.60. The van der Waals surface area contributed by atoms with Crippen molar-refractivity contribution in [3.63, 3.8) is 0 Å². The minimum atomic E-state index is 0.0508. The molecule has 0 saturated carbocycles. The quantitative estimate of drug-likeness (QED) is 0.850. The van der Waals surface area contributed by atoms with E-state index in [1.54, 1.807) is 4.90 Å². The summed E-state index contributed by atoms with van der Waals surface area (Å²) in [5.74, 6) is 0.858. The van der Waals surface area contributed by atoms with Crippen molar-refractivity contribution >= 4 is 44.9 Å². The zero-order chi connectivity index (χ0) is 12.7. The molecular formula is C11H11ClN4OS. The summed E-state index contributed by atoms with van der Waals surface area (Å²) in [6.07, 6.45) is 0.477. The standard InChI is InChI=1S/C11H11ClN4OS/c12-11-14-7-1-2-18-9(7)10(15-11)16-5-6(4-13)3-8(16)17/h1-2,6H,3-5,13H2. The summed E-state index contributed by atoms with van der Waals surface area (Å²) in [5, 5.41) is 2.08. The molecule has 1 amide bonds. The summed E-state index contributed by atoms with van der Waals surface area (Å²) in [4.78, 5) is 22.0. The van der Waals surface area contributed by atoms with Gasteiger partial charge in [0.25, 0.3) is 0 Å². The number of halogens is 1. The number of hydrogen-bond donors (Lipinski definition) is 1. The molecule has 1 fully saturated rings. The first-order valence-corrected chi connectivity index (χ1v) is 6.86. The van der Waals surface area contributed by atoms with Gasteiger partial charge in [-0.25, -0.2) is 4.98 Å². The molecule has 1 aliphatic rings. The number of nitrogens with two attached hydrogens (primary N) is 1. The first kappa shape index (κ1) is 11.8. The lowest BCUT2D eigenvalue weighted by Crippen LogP contribution is -2.26. The monoisotopic (exact) mass is 282 g/mol. The minimum Gasteiger partial charge on any atom is -0.330 e. The van der Waals surface area contributed by atoms with Gasteiger partial charge in [0.2, 0.25) is 11.2 Å². The number of anilines is 1. The molecule has 0 spiro atoms. The van der Waals surface area contributed by atoms with E-state index in [0.717, 1.165) is 10.2 Å². The van der Waals surface area contributed by atoms with Gasteiger partial charge in [-0.15, -0.1) is 11.3 Å². The van der Waals surface area contributed by atoms with E-state index in [0.29, 0.717) is 25.3 Å². The fraction of sp³-hybridized carbons (Fsp3) is 0.364. The van der Waals surface area contributed by atoms with Crippen molar-refractivity contribution in [1.29, 1.82) is 0 Å². The number of thiophene rings is 1. The summed E-state index contributed by atoms with van der Waals surface area (Å²) in [6.45, 7) is 1.12. The van der Waals surface area contributed by atoms with Crippen LogP contribution in [0.4, 0.5) is 5.82 Å². The van der Waals surface area contributed by atoms with E-state index in [-0.39, 0.29) is 17.1 Å². The largest absolute Gasteiger partial charge is 0.330 e. The van der Waals surface area contributed by atoms with E-state index >= 15 is 0 Å². The highest BCUT2D eigenvalue weighted by atomic mass is 35.5. The van der Waals surface area contributed by atoms with E-state index in [9.17, 15) is 4.79 Å². The Bertz CT molecular complexity index is 614. The van der Waals surface area contributed by atoms with Crippen LogP contribution in [0.5, 0.6) is 0 Å². The Labute approximate surface area is 113 Å². The van der Waals surface area contributed by atoms with Crippen molar-refractivity contribution in [2.24, 2.45) is 11.7 Å². The maximum atomic E-state index is 12.0. The summed E-state index contributed by atoms with van der Waals surface area (Å²) in [6, 6.07) is 1.87. The normalized spacial score (nSPS) is 20.0. The van der Waals surface area contributed by atoms with Crippen molar-refractivity contribution in [2.45, 2.75) is 6.42 Å². The van der Waals surface area contributed by atoms with Gasteiger partial charge in [0.1, 0.15) is 0 Å². The highest BCUT2D eigenvalue weighted by Crippen LogP contribution is 2.33. The van der Waals surface area contributed by atoms with Gasteiger partial charge in [-0.2, -0.15) is 4.98 Å². The molecule has 1 aliphatic heterocycles. The highest BCUT2D eigenvalue weighted by molar-refractivity contribution is 7.17. The minimum absolute atomic E-state index is 0.0508. The molecule has 1 atom stereocenters. The van der Waals surface area contributed by atoms with Gasteiger partial charge >= 0.3 is 0 Å². The molecule has 1 unspecified atom stereocenters. The number of carbonyl (C=O) groups excluding carboxylic acids is 1. The maximum Gasteiger partial charge on any atom is 0.228 e. The SMILES string of the molecule is NCC1CC(=O)N(c2nc(Cl)nc3ccsc23)C1. The molecule has 3 rings (SSSR count). The topological polar surface area (TPSA) is 72.1 Å². The van der Waals surface area contributed by atoms with Crippen LogP contribution in [0.2, 0.25) is 5.28 Å². The van der Waals surface area contributed by atoms with Crippen molar-refractivity contribution in [3.05, 3.63) is 16.7 Å². The maximum absolute atomic E-state index is 12.0. The molecule has 94 valence electrons. The third-order valence-electron chi connectivity index (χ3n) is 3.05. The van der Waals surface area contributed by atoms with E-state index in [4.69, 9.17) is 17.3 Å². The number of fused-ring (bicyclic) bond motifs is 1. The third-order valence-corrected chi connectivity index (χ3v) is 4.12. The highest BCUT2D eigenvalue weighted by Gasteiger charge is 2.32. The number of amides is 1. The Hall–Kier alpha value is -1.24. The van der Waals surface area contributed by atoms with Crippen molar-refractivity contribution in [1.82, 2.24) is 9.97 Å². The molecule has 0 bridgehead atoms. The first-order chi connectivity index (χ1) is 8.69. The molecule has 18 heavy (non-hydrogen) atoms. The molecule has 3 heterocycles. The van der Waals surface area contributed by atoms with E-state index in [1.165, 1.54) is 11.3 Å². The molecule has 5 nitrogen and oxygen atoms in total. The lowest BCUT2D eigenvalue weighted by molar-refractivity contribution is -0.117. The fourth-order valence-electron chi connectivity index (χ4n) is 2.15. The van der Waals surface area contributed by atoms with Crippen LogP contribution in [-0.2, 0) is 4.79 Å². The van der Waals surface area contributed by atoms with Gasteiger partial charge in [-0.3, -0.25) is 9.69 Å². The number of hydrogen-bond acceptors (Lipinski definition) is 5. The second-order valence-corrected chi connectivity index (χ2v) is 5.52. The van der Waals surface area contributed by atoms with Crippen molar-refractivity contribution < 1.29 is 4.79 Å². The van der Waals surface area contributed by atoms with E-state index in [2.05, 4.69) is 9.97 Å².